The maximum atomic E-state index is 11.1. The van der Waals surface area contributed by atoms with Crippen molar-refractivity contribution in [1.82, 2.24) is 4.98 Å². The molecular formula is C11H10ClN3O2. The zero-order valence-corrected chi connectivity index (χ0v) is 9.54. The quantitative estimate of drug-likeness (QED) is 0.721. The lowest BCUT2D eigenvalue weighted by Gasteiger charge is -2.02. The number of aromatic amines is 1. The van der Waals surface area contributed by atoms with Crippen molar-refractivity contribution in [1.29, 1.82) is 0 Å². The highest BCUT2D eigenvalue weighted by Crippen LogP contribution is 2.20. The fourth-order valence-electron chi connectivity index (χ4n) is 1.54. The molecule has 0 aliphatic carbocycles. The van der Waals surface area contributed by atoms with Gasteiger partial charge in [-0.2, -0.15) is 0 Å². The third-order valence-electron chi connectivity index (χ3n) is 2.29. The van der Waals surface area contributed by atoms with Crippen molar-refractivity contribution >= 4 is 40.0 Å². The van der Waals surface area contributed by atoms with Gasteiger partial charge in [0.25, 0.3) is 5.91 Å². The lowest BCUT2D eigenvalue weighted by molar-refractivity contribution is -0.113. The van der Waals surface area contributed by atoms with Gasteiger partial charge >= 0.3 is 0 Å². The highest BCUT2D eigenvalue weighted by molar-refractivity contribution is 6.29. The first-order chi connectivity index (χ1) is 8.10. The number of amides is 2. The minimum Gasteiger partial charge on any atom is -0.364 e. The van der Waals surface area contributed by atoms with Gasteiger partial charge in [-0.1, -0.05) is 0 Å². The average molecular weight is 252 g/mol. The van der Waals surface area contributed by atoms with Gasteiger partial charge in [0, 0.05) is 16.6 Å². The highest BCUT2D eigenvalue weighted by Gasteiger charge is 2.07. The van der Waals surface area contributed by atoms with Crippen LogP contribution in [-0.4, -0.2) is 22.7 Å². The molecule has 0 atom stereocenters. The molecule has 0 fully saturated rings. The van der Waals surface area contributed by atoms with Gasteiger partial charge in [0.2, 0.25) is 5.91 Å². The molecule has 0 saturated heterocycles. The van der Waals surface area contributed by atoms with Crippen molar-refractivity contribution < 1.29 is 9.59 Å². The molecule has 0 bridgehead atoms. The molecule has 6 heteroatoms. The summed E-state index contributed by atoms with van der Waals surface area (Å²) in [7, 11) is 0. The number of alkyl halides is 1. The summed E-state index contributed by atoms with van der Waals surface area (Å²) in [6.07, 6.45) is 0. The first-order valence-corrected chi connectivity index (χ1v) is 5.42. The van der Waals surface area contributed by atoms with E-state index < -0.39 is 5.91 Å². The van der Waals surface area contributed by atoms with Crippen LogP contribution in [0.4, 0.5) is 5.69 Å². The first kappa shape index (κ1) is 11.5. The second-order valence-corrected chi connectivity index (χ2v) is 3.80. The number of anilines is 1. The first-order valence-electron chi connectivity index (χ1n) is 4.88. The molecule has 0 spiro atoms. The predicted octanol–water partition coefficient (Wildman–Crippen LogP) is 1.44. The third kappa shape index (κ3) is 2.39. The maximum absolute atomic E-state index is 11.1. The van der Waals surface area contributed by atoms with Crippen molar-refractivity contribution in [3.05, 3.63) is 30.0 Å². The maximum Gasteiger partial charge on any atom is 0.265 e. The fourth-order valence-corrected chi connectivity index (χ4v) is 1.60. The Labute approximate surface area is 102 Å². The molecule has 1 heterocycles. The zero-order chi connectivity index (χ0) is 12.4. The molecule has 5 nitrogen and oxygen atoms in total. The van der Waals surface area contributed by atoms with Gasteiger partial charge in [-0.25, -0.2) is 0 Å². The molecule has 0 aliphatic rings. The van der Waals surface area contributed by atoms with Crippen LogP contribution in [0.15, 0.2) is 24.3 Å². The number of primary amides is 1. The molecule has 2 amide bonds. The largest absolute Gasteiger partial charge is 0.364 e. The van der Waals surface area contributed by atoms with Crippen molar-refractivity contribution in [2.45, 2.75) is 0 Å². The zero-order valence-electron chi connectivity index (χ0n) is 8.79. The van der Waals surface area contributed by atoms with Crippen molar-refractivity contribution in [2.24, 2.45) is 5.73 Å². The Morgan fingerprint density at radius 2 is 2.12 bits per heavy atom. The molecule has 0 saturated carbocycles. The number of aromatic nitrogens is 1. The molecule has 1 aromatic carbocycles. The Balaban J connectivity index is 2.36. The van der Waals surface area contributed by atoms with E-state index in [2.05, 4.69) is 10.3 Å². The van der Waals surface area contributed by atoms with E-state index in [1.807, 2.05) is 0 Å². The predicted molar refractivity (Wildman–Crippen MR) is 66.2 cm³/mol. The fraction of sp³-hybridized carbons (Fsp3) is 0.0909. The van der Waals surface area contributed by atoms with Crippen LogP contribution in [0.2, 0.25) is 0 Å². The Bertz CT molecular complexity index is 591. The lowest BCUT2D eigenvalue weighted by Crippen LogP contribution is -2.12. The second kappa shape index (κ2) is 4.47. The molecule has 0 radical (unpaired) electrons. The van der Waals surface area contributed by atoms with Crippen LogP contribution in [0.1, 0.15) is 10.5 Å². The average Bonchev–Trinajstić information content (AvgIpc) is 2.72. The van der Waals surface area contributed by atoms with Gasteiger partial charge < -0.3 is 16.0 Å². The number of rotatable bonds is 3. The topological polar surface area (TPSA) is 88.0 Å². The van der Waals surface area contributed by atoms with E-state index in [-0.39, 0.29) is 11.8 Å². The van der Waals surface area contributed by atoms with E-state index in [1.54, 1.807) is 24.3 Å². The third-order valence-corrected chi connectivity index (χ3v) is 2.53. The normalized spacial score (nSPS) is 10.4. The number of fused-ring (bicyclic) bond motifs is 1. The second-order valence-electron chi connectivity index (χ2n) is 3.53. The van der Waals surface area contributed by atoms with Gasteiger partial charge in [0.1, 0.15) is 11.6 Å². The van der Waals surface area contributed by atoms with Crippen LogP contribution >= 0.6 is 11.6 Å². The molecule has 17 heavy (non-hydrogen) atoms. The number of carbonyl (C=O) groups is 2. The van der Waals surface area contributed by atoms with Crippen LogP contribution in [0.25, 0.3) is 10.9 Å². The summed E-state index contributed by atoms with van der Waals surface area (Å²) in [5.41, 5.74) is 6.90. The number of carbonyl (C=O) groups excluding carboxylic acids is 2. The van der Waals surface area contributed by atoms with Crippen LogP contribution in [0.5, 0.6) is 0 Å². The monoisotopic (exact) mass is 251 g/mol. The molecule has 0 unspecified atom stereocenters. The van der Waals surface area contributed by atoms with Crippen molar-refractivity contribution in [3.63, 3.8) is 0 Å². The summed E-state index contributed by atoms with van der Waals surface area (Å²) in [5, 5.41) is 3.42. The number of nitrogens with one attached hydrogen (secondary N) is 2. The Hall–Kier alpha value is -2.01. The SMILES string of the molecule is NC(=O)c1cc2cc(NC(=O)CCl)ccc2[nH]1. The number of benzene rings is 1. The van der Waals surface area contributed by atoms with E-state index in [4.69, 9.17) is 17.3 Å². The van der Waals surface area contributed by atoms with Crippen LogP contribution in [-0.2, 0) is 4.79 Å². The summed E-state index contributed by atoms with van der Waals surface area (Å²) >= 11 is 5.39. The molecule has 1 aromatic heterocycles. The Morgan fingerprint density at radius 3 is 2.76 bits per heavy atom. The molecular weight excluding hydrogens is 242 g/mol. The van der Waals surface area contributed by atoms with E-state index in [1.165, 1.54) is 0 Å². The van der Waals surface area contributed by atoms with E-state index in [0.29, 0.717) is 11.4 Å². The van der Waals surface area contributed by atoms with Crippen LogP contribution in [0, 0.1) is 0 Å². The lowest BCUT2D eigenvalue weighted by atomic mass is 10.2. The minimum atomic E-state index is -0.521. The van der Waals surface area contributed by atoms with Gasteiger partial charge in [-0.15, -0.1) is 11.6 Å². The Kier molecular flexibility index (Phi) is 3.01. The van der Waals surface area contributed by atoms with Crippen molar-refractivity contribution in [3.8, 4) is 0 Å². The number of halogens is 1. The number of hydrogen-bond donors (Lipinski definition) is 3. The number of H-pyrrole nitrogens is 1. The Morgan fingerprint density at radius 1 is 1.35 bits per heavy atom. The molecule has 4 N–H and O–H groups in total. The highest BCUT2D eigenvalue weighted by atomic mass is 35.5. The minimum absolute atomic E-state index is 0.0995. The van der Waals surface area contributed by atoms with Crippen LogP contribution in [0.3, 0.4) is 0 Å². The summed E-state index contributed by atoms with van der Waals surface area (Å²) in [6, 6.07) is 6.84. The van der Waals surface area contributed by atoms with Gasteiger partial charge in [-0.05, 0) is 24.3 Å². The summed E-state index contributed by atoms with van der Waals surface area (Å²) < 4.78 is 0. The van der Waals surface area contributed by atoms with Crippen LogP contribution < -0.4 is 11.1 Å². The molecule has 88 valence electrons. The van der Waals surface area contributed by atoms with E-state index in [9.17, 15) is 9.59 Å². The summed E-state index contributed by atoms with van der Waals surface area (Å²) in [4.78, 5) is 25.0. The molecule has 2 aromatic rings. The van der Waals surface area contributed by atoms with Gasteiger partial charge in [0.15, 0.2) is 0 Å². The smallest absolute Gasteiger partial charge is 0.265 e. The summed E-state index contributed by atoms with van der Waals surface area (Å²) in [6.45, 7) is 0. The van der Waals surface area contributed by atoms with Crippen molar-refractivity contribution in [2.75, 3.05) is 11.2 Å². The van der Waals surface area contributed by atoms with Gasteiger partial charge in [-0.3, -0.25) is 9.59 Å². The number of nitrogens with two attached hydrogens (primary N) is 1. The van der Waals surface area contributed by atoms with E-state index >= 15 is 0 Å². The van der Waals surface area contributed by atoms with Gasteiger partial charge in [0.05, 0.1) is 0 Å². The molecule has 2 rings (SSSR count). The number of hydrogen-bond acceptors (Lipinski definition) is 2. The molecule has 0 aliphatic heterocycles. The standard InChI is InChI=1S/C11H10ClN3O2/c12-5-10(16)14-7-1-2-8-6(3-7)4-9(15-8)11(13)17/h1-4,15H,5H2,(H2,13,17)(H,14,16). The van der Waals surface area contributed by atoms with E-state index in [0.717, 1.165) is 10.9 Å². The summed E-state index contributed by atoms with van der Waals surface area (Å²) in [5.74, 6) is -0.901.